The van der Waals surface area contributed by atoms with Gasteiger partial charge >= 0.3 is 0 Å². The fourth-order valence-corrected chi connectivity index (χ4v) is 0.916. The standard InChI is InChI=1S/C9H15ClO/c1-7(2)5-4-6-8(3)9(10)11/h7H,3-6H2,1-2H3. The van der Waals surface area contributed by atoms with E-state index in [-0.39, 0.29) is 0 Å². The van der Waals surface area contributed by atoms with Gasteiger partial charge in [0.15, 0.2) is 0 Å². The lowest BCUT2D eigenvalue weighted by Crippen LogP contribution is -1.93. The molecule has 0 saturated carbocycles. The predicted octanol–water partition coefficient (Wildman–Crippen LogP) is 3.13. The largest absolute Gasteiger partial charge is 0.276 e. The lowest BCUT2D eigenvalue weighted by atomic mass is 10.0. The highest BCUT2D eigenvalue weighted by atomic mass is 35.5. The molecule has 2 heteroatoms. The first-order valence-corrected chi connectivity index (χ1v) is 4.29. The van der Waals surface area contributed by atoms with Crippen LogP contribution in [0.1, 0.15) is 33.1 Å². The van der Waals surface area contributed by atoms with Crippen LogP contribution in [0.25, 0.3) is 0 Å². The third-order valence-electron chi connectivity index (χ3n) is 1.54. The van der Waals surface area contributed by atoms with Crippen molar-refractivity contribution in [3.05, 3.63) is 12.2 Å². The predicted molar refractivity (Wildman–Crippen MR) is 48.7 cm³/mol. The number of hydrogen-bond donors (Lipinski definition) is 0. The first-order valence-electron chi connectivity index (χ1n) is 3.91. The van der Waals surface area contributed by atoms with E-state index in [4.69, 9.17) is 11.6 Å². The number of halogens is 1. The molecule has 1 nitrogen and oxygen atoms in total. The van der Waals surface area contributed by atoms with Crippen LogP contribution in [-0.4, -0.2) is 5.24 Å². The van der Waals surface area contributed by atoms with Crippen molar-refractivity contribution in [2.75, 3.05) is 0 Å². The second-order valence-corrected chi connectivity index (χ2v) is 3.51. The van der Waals surface area contributed by atoms with E-state index in [0.29, 0.717) is 11.5 Å². The van der Waals surface area contributed by atoms with E-state index >= 15 is 0 Å². The second kappa shape index (κ2) is 5.36. The average Bonchev–Trinajstić information content (AvgIpc) is 1.86. The minimum atomic E-state index is -0.395. The van der Waals surface area contributed by atoms with Crippen molar-refractivity contribution < 1.29 is 4.79 Å². The molecule has 0 aromatic carbocycles. The van der Waals surface area contributed by atoms with Crippen molar-refractivity contribution in [2.45, 2.75) is 33.1 Å². The summed E-state index contributed by atoms with van der Waals surface area (Å²) in [7, 11) is 0. The Morgan fingerprint density at radius 3 is 2.45 bits per heavy atom. The highest BCUT2D eigenvalue weighted by Gasteiger charge is 2.02. The van der Waals surface area contributed by atoms with Crippen LogP contribution in [0, 0.1) is 5.92 Å². The van der Waals surface area contributed by atoms with Crippen molar-refractivity contribution in [3.63, 3.8) is 0 Å². The molecule has 0 bridgehead atoms. The van der Waals surface area contributed by atoms with Crippen molar-refractivity contribution in [1.29, 1.82) is 0 Å². The lowest BCUT2D eigenvalue weighted by molar-refractivity contribution is -0.108. The van der Waals surface area contributed by atoms with Crippen molar-refractivity contribution in [3.8, 4) is 0 Å². The van der Waals surface area contributed by atoms with E-state index in [0.717, 1.165) is 19.3 Å². The Labute approximate surface area is 73.4 Å². The normalized spacial score (nSPS) is 10.2. The molecule has 0 heterocycles. The molecule has 0 aliphatic rings. The molecule has 0 aromatic rings. The van der Waals surface area contributed by atoms with Gasteiger partial charge in [0.25, 0.3) is 0 Å². The van der Waals surface area contributed by atoms with E-state index < -0.39 is 5.24 Å². The SMILES string of the molecule is C=C(CCCC(C)C)C(=O)Cl. The molecule has 0 radical (unpaired) electrons. The summed E-state index contributed by atoms with van der Waals surface area (Å²) in [5.74, 6) is 0.688. The third kappa shape index (κ3) is 6.11. The van der Waals surface area contributed by atoms with Gasteiger partial charge in [-0.05, 0) is 30.4 Å². The summed E-state index contributed by atoms with van der Waals surface area (Å²) in [4.78, 5) is 10.5. The van der Waals surface area contributed by atoms with Gasteiger partial charge in [-0.3, -0.25) is 4.79 Å². The Hall–Kier alpha value is -0.300. The molecule has 64 valence electrons. The number of allylic oxidation sites excluding steroid dienone is 1. The van der Waals surface area contributed by atoms with Crippen molar-refractivity contribution in [1.82, 2.24) is 0 Å². The van der Waals surface area contributed by atoms with E-state index in [9.17, 15) is 4.79 Å². The highest BCUT2D eigenvalue weighted by Crippen LogP contribution is 2.12. The summed E-state index contributed by atoms with van der Waals surface area (Å²) in [5.41, 5.74) is 0.535. The summed E-state index contributed by atoms with van der Waals surface area (Å²) in [6.45, 7) is 7.89. The zero-order chi connectivity index (χ0) is 8.85. The van der Waals surface area contributed by atoms with Crippen molar-refractivity contribution in [2.24, 2.45) is 5.92 Å². The van der Waals surface area contributed by atoms with E-state index in [1.807, 2.05) is 0 Å². The van der Waals surface area contributed by atoms with E-state index in [1.54, 1.807) is 0 Å². The van der Waals surface area contributed by atoms with Gasteiger partial charge in [0.05, 0.1) is 0 Å². The number of hydrogen-bond acceptors (Lipinski definition) is 1. The van der Waals surface area contributed by atoms with Crippen molar-refractivity contribution >= 4 is 16.8 Å². The summed E-state index contributed by atoms with van der Waals surface area (Å²) in [6.07, 6.45) is 2.87. The maximum Gasteiger partial charge on any atom is 0.247 e. The van der Waals surface area contributed by atoms with Crippen LogP contribution < -0.4 is 0 Å². The molecule has 0 N–H and O–H groups in total. The second-order valence-electron chi connectivity index (χ2n) is 3.16. The first kappa shape index (κ1) is 10.7. The zero-order valence-corrected chi connectivity index (χ0v) is 7.95. The van der Waals surface area contributed by atoms with Gasteiger partial charge in [-0.25, -0.2) is 0 Å². The minimum Gasteiger partial charge on any atom is -0.276 e. The molecule has 0 rings (SSSR count). The smallest absolute Gasteiger partial charge is 0.247 e. The Morgan fingerprint density at radius 2 is 2.09 bits per heavy atom. The summed E-state index contributed by atoms with van der Waals surface area (Å²) < 4.78 is 0. The fourth-order valence-electron chi connectivity index (χ4n) is 0.822. The number of carbonyl (C=O) groups excluding carboxylic acids is 1. The zero-order valence-electron chi connectivity index (χ0n) is 7.19. The molecule has 0 aliphatic heterocycles. The van der Waals surface area contributed by atoms with Gasteiger partial charge in [0.2, 0.25) is 5.24 Å². The van der Waals surface area contributed by atoms with Crippen LogP contribution in [-0.2, 0) is 4.79 Å². The van der Waals surface area contributed by atoms with Gasteiger partial charge in [0.1, 0.15) is 0 Å². The van der Waals surface area contributed by atoms with Gasteiger partial charge in [0, 0.05) is 5.57 Å². The lowest BCUT2D eigenvalue weighted by Gasteiger charge is -2.03. The topological polar surface area (TPSA) is 17.1 Å². The van der Waals surface area contributed by atoms with E-state index in [1.165, 1.54) is 0 Å². The number of carbonyl (C=O) groups is 1. The molecular formula is C9H15ClO. The maximum absolute atomic E-state index is 10.5. The average molecular weight is 175 g/mol. The summed E-state index contributed by atoms with van der Waals surface area (Å²) in [5, 5.41) is -0.395. The molecule has 0 aliphatic carbocycles. The highest BCUT2D eigenvalue weighted by molar-refractivity contribution is 6.67. The monoisotopic (exact) mass is 174 g/mol. The third-order valence-corrected chi connectivity index (χ3v) is 1.81. The van der Waals surface area contributed by atoms with Gasteiger partial charge in [-0.15, -0.1) is 0 Å². The minimum absolute atomic E-state index is 0.395. The van der Waals surface area contributed by atoms with Gasteiger partial charge in [-0.1, -0.05) is 26.8 Å². The quantitative estimate of drug-likeness (QED) is 0.462. The summed E-state index contributed by atoms with van der Waals surface area (Å²) in [6, 6.07) is 0. The van der Waals surface area contributed by atoms with E-state index in [2.05, 4.69) is 20.4 Å². The molecule has 0 aromatic heterocycles. The van der Waals surface area contributed by atoms with Crippen LogP contribution in [0.4, 0.5) is 0 Å². The fraction of sp³-hybridized carbons (Fsp3) is 0.667. The molecule has 0 unspecified atom stereocenters. The van der Waals surface area contributed by atoms with Gasteiger partial charge < -0.3 is 0 Å². The Morgan fingerprint density at radius 1 is 1.55 bits per heavy atom. The maximum atomic E-state index is 10.5. The van der Waals surface area contributed by atoms with Crippen LogP contribution >= 0.6 is 11.6 Å². The van der Waals surface area contributed by atoms with Crippen LogP contribution in [0.3, 0.4) is 0 Å². The molecule has 11 heavy (non-hydrogen) atoms. The molecule has 0 fully saturated rings. The number of rotatable bonds is 5. The molecule has 0 saturated heterocycles. The molecule has 0 amide bonds. The van der Waals surface area contributed by atoms with Gasteiger partial charge in [-0.2, -0.15) is 0 Å². The molecule has 0 atom stereocenters. The Kier molecular flexibility index (Phi) is 5.22. The first-order chi connectivity index (χ1) is 5.04. The molecule has 0 spiro atoms. The van der Waals surface area contributed by atoms with Crippen LogP contribution in [0.2, 0.25) is 0 Å². The summed E-state index contributed by atoms with van der Waals surface area (Å²) >= 11 is 5.21. The Bertz CT molecular complexity index is 150. The van der Waals surface area contributed by atoms with Crippen LogP contribution in [0.5, 0.6) is 0 Å². The molecular weight excluding hydrogens is 160 g/mol. The van der Waals surface area contributed by atoms with Crippen LogP contribution in [0.15, 0.2) is 12.2 Å². The Balaban J connectivity index is 3.40.